The molecule has 0 radical (unpaired) electrons. The maximum absolute atomic E-state index is 4.37. The van der Waals surface area contributed by atoms with Gasteiger partial charge in [0.15, 0.2) is 0 Å². The van der Waals surface area contributed by atoms with E-state index in [4.69, 9.17) is 0 Å². The number of nitrogens with one attached hydrogen (secondary N) is 1. The van der Waals surface area contributed by atoms with Crippen LogP contribution < -0.4 is 5.32 Å². The summed E-state index contributed by atoms with van der Waals surface area (Å²) in [7, 11) is 0. The van der Waals surface area contributed by atoms with E-state index in [0.29, 0.717) is 0 Å². The Morgan fingerprint density at radius 2 is 2.00 bits per heavy atom. The van der Waals surface area contributed by atoms with E-state index in [-0.39, 0.29) is 0 Å². The van der Waals surface area contributed by atoms with E-state index in [1.54, 1.807) is 0 Å². The lowest BCUT2D eigenvalue weighted by molar-refractivity contribution is 0.683. The topological polar surface area (TPSA) is 24.9 Å². The number of hydrogen-bond acceptors (Lipinski definition) is 3. The maximum atomic E-state index is 4.37. The van der Waals surface area contributed by atoms with Crippen LogP contribution in [0.25, 0.3) is 0 Å². The van der Waals surface area contributed by atoms with Gasteiger partial charge in [-0.05, 0) is 44.0 Å². The summed E-state index contributed by atoms with van der Waals surface area (Å²) in [5.41, 5.74) is 3.77. The number of nitrogens with zero attached hydrogens (tertiary/aromatic N) is 1. The summed E-state index contributed by atoms with van der Waals surface area (Å²) in [6, 6.07) is 6.34. The third-order valence-electron chi connectivity index (χ3n) is 2.93. The first-order valence-corrected chi connectivity index (χ1v) is 6.65. The molecule has 0 saturated carbocycles. The van der Waals surface area contributed by atoms with Crippen molar-refractivity contribution in [2.45, 2.75) is 33.9 Å². The van der Waals surface area contributed by atoms with Gasteiger partial charge in [-0.15, -0.1) is 11.3 Å². The van der Waals surface area contributed by atoms with Crippen LogP contribution in [0.5, 0.6) is 0 Å². The predicted octanol–water partition coefficient (Wildman–Crippen LogP) is 3.36. The molecule has 0 fully saturated rings. The van der Waals surface area contributed by atoms with Crippen LogP contribution >= 0.6 is 11.3 Å². The van der Waals surface area contributed by atoms with Crippen molar-refractivity contribution in [1.29, 1.82) is 0 Å². The molecule has 0 aliphatic carbocycles. The van der Waals surface area contributed by atoms with Crippen molar-refractivity contribution in [3.8, 4) is 0 Å². The third-order valence-corrected chi connectivity index (χ3v) is 4.08. The summed E-state index contributed by atoms with van der Waals surface area (Å²) in [6.07, 6.45) is 1.85. The lowest BCUT2D eigenvalue weighted by atomic mass is 10.2. The number of hydrogen-bond donors (Lipinski definition) is 1. The fourth-order valence-corrected chi connectivity index (χ4v) is 2.77. The molecule has 90 valence electrons. The Labute approximate surface area is 107 Å². The van der Waals surface area contributed by atoms with Gasteiger partial charge in [-0.2, -0.15) is 0 Å². The van der Waals surface area contributed by atoms with E-state index in [2.05, 4.69) is 43.2 Å². The average molecular weight is 246 g/mol. The van der Waals surface area contributed by atoms with Gasteiger partial charge < -0.3 is 5.32 Å². The molecule has 2 aromatic rings. The number of aromatic nitrogens is 1. The van der Waals surface area contributed by atoms with Crippen molar-refractivity contribution in [3.05, 3.63) is 51.0 Å². The van der Waals surface area contributed by atoms with E-state index < -0.39 is 0 Å². The molecule has 17 heavy (non-hydrogen) atoms. The minimum absolute atomic E-state index is 0.836. The molecule has 2 aromatic heterocycles. The smallest absolute Gasteiger partial charge is 0.0570 e. The van der Waals surface area contributed by atoms with Crippen molar-refractivity contribution < 1.29 is 0 Å². The molecule has 0 aromatic carbocycles. The van der Waals surface area contributed by atoms with E-state index in [1.807, 2.05) is 23.6 Å². The van der Waals surface area contributed by atoms with Crippen molar-refractivity contribution in [2.24, 2.45) is 0 Å². The molecular formula is C14H18N2S. The second kappa shape index (κ2) is 5.43. The van der Waals surface area contributed by atoms with Crippen LogP contribution in [-0.2, 0) is 13.1 Å². The fraction of sp³-hybridized carbons (Fsp3) is 0.357. The molecule has 0 amide bonds. The van der Waals surface area contributed by atoms with Crippen LogP contribution in [0.4, 0.5) is 0 Å². The molecule has 0 bridgehead atoms. The number of pyridine rings is 1. The number of thiophene rings is 1. The van der Waals surface area contributed by atoms with Crippen LogP contribution in [0.1, 0.15) is 26.6 Å². The molecule has 2 rings (SSSR count). The number of aryl methyl sites for hydroxylation is 3. The van der Waals surface area contributed by atoms with E-state index >= 15 is 0 Å². The molecule has 2 heterocycles. The van der Waals surface area contributed by atoms with E-state index in [0.717, 1.165) is 18.8 Å². The lowest BCUT2D eigenvalue weighted by Gasteiger charge is -2.05. The van der Waals surface area contributed by atoms with Gasteiger partial charge in [0.1, 0.15) is 0 Å². The third kappa shape index (κ3) is 3.14. The van der Waals surface area contributed by atoms with Gasteiger partial charge in [0.05, 0.1) is 5.69 Å². The summed E-state index contributed by atoms with van der Waals surface area (Å²) in [5, 5.41) is 3.45. The molecule has 2 nitrogen and oxygen atoms in total. The van der Waals surface area contributed by atoms with Gasteiger partial charge in [-0.1, -0.05) is 6.07 Å². The van der Waals surface area contributed by atoms with Crippen LogP contribution in [-0.4, -0.2) is 4.98 Å². The highest BCUT2D eigenvalue weighted by Crippen LogP contribution is 2.20. The highest BCUT2D eigenvalue weighted by molar-refractivity contribution is 7.12. The molecule has 1 N–H and O–H groups in total. The molecule has 0 aliphatic heterocycles. The SMILES string of the molecule is Cc1cccnc1CNCc1cc(C)c(C)s1. The number of rotatable bonds is 4. The Morgan fingerprint density at radius 3 is 2.65 bits per heavy atom. The first kappa shape index (κ1) is 12.3. The minimum Gasteiger partial charge on any atom is -0.306 e. The Hall–Kier alpha value is -1.19. The predicted molar refractivity (Wildman–Crippen MR) is 73.3 cm³/mol. The Bertz CT molecular complexity index is 483. The highest BCUT2D eigenvalue weighted by Gasteiger charge is 2.02. The largest absolute Gasteiger partial charge is 0.306 e. The lowest BCUT2D eigenvalue weighted by Crippen LogP contribution is -2.13. The molecule has 0 spiro atoms. The highest BCUT2D eigenvalue weighted by atomic mass is 32.1. The summed E-state index contributed by atoms with van der Waals surface area (Å²) < 4.78 is 0. The van der Waals surface area contributed by atoms with Crippen molar-refractivity contribution in [3.63, 3.8) is 0 Å². The van der Waals surface area contributed by atoms with Gasteiger partial charge >= 0.3 is 0 Å². The molecule has 0 atom stereocenters. The standard InChI is InChI=1S/C14H18N2S/c1-10-5-4-6-16-14(10)9-15-8-13-7-11(2)12(3)17-13/h4-7,15H,8-9H2,1-3H3. The fourth-order valence-electron chi connectivity index (χ4n) is 1.74. The Balaban J connectivity index is 1.90. The van der Waals surface area contributed by atoms with Crippen molar-refractivity contribution >= 4 is 11.3 Å². The average Bonchev–Trinajstić information content (AvgIpc) is 2.61. The molecule has 0 unspecified atom stereocenters. The molecule has 0 aliphatic rings. The normalized spacial score (nSPS) is 10.8. The second-order valence-corrected chi connectivity index (χ2v) is 5.66. The van der Waals surface area contributed by atoms with Crippen molar-refractivity contribution in [1.82, 2.24) is 10.3 Å². The van der Waals surface area contributed by atoms with Crippen LogP contribution in [0.2, 0.25) is 0 Å². The molecular weight excluding hydrogens is 228 g/mol. The Morgan fingerprint density at radius 1 is 1.18 bits per heavy atom. The summed E-state index contributed by atoms with van der Waals surface area (Å²) in [4.78, 5) is 7.18. The second-order valence-electron chi connectivity index (χ2n) is 4.32. The summed E-state index contributed by atoms with van der Waals surface area (Å²) in [5.74, 6) is 0. The van der Waals surface area contributed by atoms with Gasteiger partial charge in [0.2, 0.25) is 0 Å². The molecule has 3 heteroatoms. The van der Waals surface area contributed by atoms with Gasteiger partial charge in [0, 0.05) is 29.0 Å². The first-order chi connectivity index (χ1) is 8.16. The zero-order valence-electron chi connectivity index (χ0n) is 10.6. The monoisotopic (exact) mass is 246 g/mol. The van der Waals surface area contributed by atoms with Gasteiger partial charge in [0.25, 0.3) is 0 Å². The van der Waals surface area contributed by atoms with Crippen molar-refractivity contribution in [2.75, 3.05) is 0 Å². The van der Waals surface area contributed by atoms with Crippen LogP contribution in [0, 0.1) is 20.8 Å². The minimum atomic E-state index is 0.836. The van der Waals surface area contributed by atoms with Gasteiger partial charge in [-0.25, -0.2) is 0 Å². The first-order valence-electron chi connectivity index (χ1n) is 5.84. The summed E-state index contributed by atoms with van der Waals surface area (Å²) >= 11 is 1.87. The zero-order valence-corrected chi connectivity index (χ0v) is 11.4. The zero-order chi connectivity index (χ0) is 12.3. The molecule has 0 saturated heterocycles. The van der Waals surface area contributed by atoms with E-state index in [1.165, 1.54) is 20.9 Å². The summed E-state index contributed by atoms with van der Waals surface area (Å²) in [6.45, 7) is 8.20. The maximum Gasteiger partial charge on any atom is 0.0570 e. The van der Waals surface area contributed by atoms with Gasteiger partial charge in [-0.3, -0.25) is 4.98 Å². The van der Waals surface area contributed by atoms with Crippen LogP contribution in [0.15, 0.2) is 24.4 Å². The van der Waals surface area contributed by atoms with Crippen LogP contribution in [0.3, 0.4) is 0 Å². The Kier molecular flexibility index (Phi) is 3.92. The quantitative estimate of drug-likeness (QED) is 0.894. The van der Waals surface area contributed by atoms with E-state index in [9.17, 15) is 0 Å².